The van der Waals surface area contributed by atoms with E-state index in [2.05, 4.69) is 30.0 Å². The molecule has 0 aromatic carbocycles. The molecule has 160 valence electrons. The lowest BCUT2D eigenvalue weighted by Crippen LogP contribution is -2.46. The van der Waals surface area contributed by atoms with Gasteiger partial charge in [0.1, 0.15) is 17.3 Å². The number of aryl methyl sites for hydroxylation is 4. The summed E-state index contributed by atoms with van der Waals surface area (Å²) in [5, 5.41) is 8.42. The molecule has 10 heteroatoms. The highest BCUT2D eigenvalue weighted by molar-refractivity contribution is 5.45. The van der Waals surface area contributed by atoms with Crippen molar-refractivity contribution in [2.75, 3.05) is 31.1 Å². The van der Waals surface area contributed by atoms with Crippen molar-refractivity contribution in [1.82, 2.24) is 34.4 Å². The number of halogens is 2. The van der Waals surface area contributed by atoms with Crippen LogP contribution in [0.3, 0.4) is 0 Å². The Labute approximate surface area is 174 Å². The number of piperazine rings is 1. The predicted molar refractivity (Wildman–Crippen MR) is 109 cm³/mol. The van der Waals surface area contributed by atoms with Crippen LogP contribution in [-0.4, -0.2) is 60.6 Å². The van der Waals surface area contributed by atoms with Gasteiger partial charge in [-0.1, -0.05) is 0 Å². The number of hydrogen-bond donors (Lipinski definition) is 0. The average molecular weight is 416 g/mol. The van der Waals surface area contributed by atoms with E-state index in [1.807, 2.05) is 37.6 Å². The van der Waals surface area contributed by atoms with Crippen LogP contribution < -0.4 is 4.90 Å². The van der Waals surface area contributed by atoms with Crippen molar-refractivity contribution in [3.8, 4) is 5.82 Å². The number of rotatable bonds is 5. The van der Waals surface area contributed by atoms with Crippen molar-refractivity contribution in [2.45, 2.75) is 33.7 Å². The number of anilines is 1. The summed E-state index contributed by atoms with van der Waals surface area (Å²) >= 11 is 0. The summed E-state index contributed by atoms with van der Waals surface area (Å²) in [6.45, 7) is 9.35. The minimum atomic E-state index is -2.56. The monoisotopic (exact) mass is 416 g/mol. The Hall–Kier alpha value is -2.88. The first-order valence-electron chi connectivity index (χ1n) is 9.97. The molecular formula is C20H26F2N8. The van der Waals surface area contributed by atoms with Gasteiger partial charge in [-0.25, -0.2) is 23.4 Å². The fourth-order valence-corrected chi connectivity index (χ4v) is 3.90. The average Bonchev–Trinajstić information content (AvgIpc) is 3.23. The normalized spacial score (nSPS) is 15.4. The fraction of sp³-hybridized carbons (Fsp3) is 0.500. The van der Waals surface area contributed by atoms with Crippen LogP contribution in [0.1, 0.15) is 34.9 Å². The van der Waals surface area contributed by atoms with Gasteiger partial charge in [0.25, 0.3) is 6.43 Å². The Morgan fingerprint density at radius 3 is 2.30 bits per heavy atom. The molecule has 0 radical (unpaired) electrons. The van der Waals surface area contributed by atoms with Crippen molar-refractivity contribution >= 4 is 5.82 Å². The van der Waals surface area contributed by atoms with E-state index < -0.39 is 6.43 Å². The standard InChI is InChI=1S/C20H26F2N8/c1-13-9-14(2)30(25-13)18-10-17(23-15(3)24-18)29-7-5-28(6-8-29)12-16-11-27(4)26-19(16)20(21)22/h9-11,20H,5-8,12H2,1-4H3. The molecule has 0 saturated carbocycles. The lowest BCUT2D eigenvalue weighted by molar-refractivity contribution is 0.142. The minimum Gasteiger partial charge on any atom is -0.354 e. The van der Waals surface area contributed by atoms with E-state index in [0.717, 1.165) is 49.2 Å². The lowest BCUT2D eigenvalue weighted by Gasteiger charge is -2.35. The molecule has 0 N–H and O–H groups in total. The Balaban J connectivity index is 1.46. The molecule has 0 aliphatic carbocycles. The third-order valence-electron chi connectivity index (χ3n) is 5.27. The lowest BCUT2D eigenvalue weighted by atomic mass is 10.2. The molecule has 3 aromatic heterocycles. The van der Waals surface area contributed by atoms with Gasteiger partial charge in [0, 0.05) is 63.3 Å². The number of alkyl halides is 2. The second-order valence-electron chi connectivity index (χ2n) is 7.75. The van der Waals surface area contributed by atoms with Gasteiger partial charge in [0.2, 0.25) is 0 Å². The van der Waals surface area contributed by atoms with Gasteiger partial charge in [-0.15, -0.1) is 0 Å². The van der Waals surface area contributed by atoms with Crippen LogP contribution in [0.4, 0.5) is 14.6 Å². The van der Waals surface area contributed by atoms with Gasteiger partial charge in [0.05, 0.1) is 5.69 Å². The highest BCUT2D eigenvalue weighted by Crippen LogP contribution is 2.24. The minimum absolute atomic E-state index is 0.124. The maximum Gasteiger partial charge on any atom is 0.282 e. The molecule has 3 aromatic rings. The van der Waals surface area contributed by atoms with E-state index in [-0.39, 0.29) is 5.69 Å². The number of nitrogens with zero attached hydrogens (tertiary/aromatic N) is 8. The van der Waals surface area contributed by atoms with Crippen LogP contribution >= 0.6 is 0 Å². The molecule has 8 nitrogen and oxygen atoms in total. The molecule has 0 unspecified atom stereocenters. The number of aromatic nitrogens is 6. The Bertz CT molecular complexity index is 1030. The second-order valence-corrected chi connectivity index (χ2v) is 7.75. The summed E-state index contributed by atoms with van der Waals surface area (Å²) < 4.78 is 29.7. The summed E-state index contributed by atoms with van der Waals surface area (Å²) in [6, 6.07) is 3.97. The van der Waals surface area contributed by atoms with E-state index in [0.29, 0.717) is 17.9 Å². The maximum atomic E-state index is 13.2. The zero-order valence-corrected chi connectivity index (χ0v) is 17.7. The van der Waals surface area contributed by atoms with Gasteiger partial charge in [-0.05, 0) is 26.8 Å². The van der Waals surface area contributed by atoms with Crippen LogP contribution in [0.25, 0.3) is 5.82 Å². The summed E-state index contributed by atoms with van der Waals surface area (Å²) in [4.78, 5) is 13.5. The molecule has 1 saturated heterocycles. The first kappa shape index (κ1) is 20.4. The fourth-order valence-electron chi connectivity index (χ4n) is 3.90. The summed E-state index contributed by atoms with van der Waals surface area (Å²) in [5.74, 6) is 2.30. The van der Waals surface area contributed by atoms with Gasteiger partial charge in [-0.2, -0.15) is 10.2 Å². The zero-order chi connectivity index (χ0) is 21.4. The molecular weight excluding hydrogens is 390 g/mol. The van der Waals surface area contributed by atoms with E-state index in [9.17, 15) is 8.78 Å². The highest BCUT2D eigenvalue weighted by atomic mass is 19.3. The molecule has 1 fully saturated rings. The van der Waals surface area contributed by atoms with Crippen LogP contribution in [0, 0.1) is 20.8 Å². The molecule has 4 rings (SSSR count). The summed E-state index contributed by atoms with van der Waals surface area (Å²) in [7, 11) is 1.67. The summed E-state index contributed by atoms with van der Waals surface area (Å²) in [6.07, 6.45) is -0.873. The first-order chi connectivity index (χ1) is 14.3. The third-order valence-corrected chi connectivity index (χ3v) is 5.27. The van der Waals surface area contributed by atoms with E-state index in [1.54, 1.807) is 13.2 Å². The van der Waals surface area contributed by atoms with Crippen LogP contribution in [-0.2, 0) is 13.6 Å². The van der Waals surface area contributed by atoms with Gasteiger partial charge in [0.15, 0.2) is 5.82 Å². The topological polar surface area (TPSA) is 67.9 Å². The van der Waals surface area contributed by atoms with E-state index in [4.69, 9.17) is 0 Å². The van der Waals surface area contributed by atoms with Crippen LogP contribution in [0.2, 0.25) is 0 Å². The van der Waals surface area contributed by atoms with E-state index in [1.165, 1.54) is 4.68 Å². The van der Waals surface area contributed by atoms with E-state index >= 15 is 0 Å². The van der Waals surface area contributed by atoms with Gasteiger partial charge >= 0.3 is 0 Å². The van der Waals surface area contributed by atoms with Gasteiger partial charge < -0.3 is 4.90 Å². The molecule has 0 atom stereocenters. The molecule has 0 bridgehead atoms. The molecule has 1 aliphatic rings. The molecule has 4 heterocycles. The summed E-state index contributed by atoms with van der Waals surface area (Å²) in [5.41, 5.74) is 2.43. The smallest absolute Gasteiger partial charge is 0.282 e. The van der Waals surface area contributed by atoms with Crippen molar-refractivity contribution in [2.24, 2.45) is 7.05 Å². The largest absolute Gasteiger partial charge is 0.354 e. The molecule has 0 spiro atoms. The van der Waals surface area contributed by atoms with Crippen molar-refractivity contribution in [1.29, 1.82) is 0 Å². The quantitative estimate of drug-likeness (QED) is 0.637. The number of hydrogen-bond acceptors (Lipinski definition) is 6. The van der Waals surface area contributed by atoms with Crippen molar-refractivity contribution in [3.05, 3.63) is 46.8 Å². The Kier molecular flexibility index (Phi) is 5.50. The van der Waals surface area contributed by atoms with Crippen LogP contribution in [0.15, 0.2) is 18.3 Å². The predicted octanol–water partition coefficient (Wildman–Crippen LogP) is 2.58. The van der Waals surface area contributed by atoms with Crippen LogP contribution in [0.5, 0.6) is 0 Å². The third kappa shape index (κ3) is 4.18. The van der Waals surface area contributed by atoms with Crippen molar-refractivity contribution < 1.29 is 8.78 Å². The van der Waals surface area contributed by atoms with Gasteiger partial charge in [-0.3, -0.25) is 9.58 Å². The first-order valence-corrected chi connectivity index (χ1v) is 9.97. The maximum absolute atomic E-state index is 13.2. The molecule has 1 aliphatic heterocycles. The Morgan fingerprint density at radius 2 is 1.67 bits per heavy atom. The van der Waals surface area contributed by atoms with Crippen molar-refractivity contribution in [3.63, 3.8) is 0 Å². The second kappa shape index (κ2) is 8.10. The molecule has 0 amide bonds. The molecule has 30 heavy (non-hydrogen) atoms. The SMILES string of the molecule is Cc1cc(C)n(-c2cc(N3CCN(Cc4cn(C)nc4C(F)F)CC3)nc(C)n2)n1. The zero-order valence-electron chi connectivity index (χ0n) is 17.7. The highest BCUT2D eigenvalue weighted by Gasteiger charge is 2.23. The Morgan fingerprint density at radius 1 is 0.967 bits per heavy atom.